The molecule has 0 fully saturated rings. The molecule has 1 atom stereocenters. The highest BCUT2D eigenvalue weighted by Gasteiger charge is 2.33. The van der Waals surface area contributed by atoms with Crippen LogP contribution in [-0.2, 0) is 4.79 Å². The van der Waals surface area contributed by atoms with Crippen molar-refractivity contribution in [2.24, 2.45) is 0 Å². The van der Waals surface area contributed by atoms with E-state index < -0.39 is 5.97 Å². The van der Waals surface area contributed by atoms with E-state index in [1.165, 1.54) is 32.7 Å². The standard InChI is InChI=1S/C23H16O2/c24-21(25)13-20-16-9-3-6-12-19(16)22-17-10-4-1-7-14(17)15-8-2-5-11-18(15)23(20)22/h1-12,20H,13H2,(H,24,25). The minimum absolute atomic E-state index is 0.0989. The van der Waals surface area contributed by atoms with E-state index in [1.807, 2.05) is 18.2 Å². The average Bonchev–Trinajstić information content (AvgIpc) is 2.96. The number of benzene rings is 4. The van der Waals surface area contributed by atoms with E-state index in [2.05, 4.69) is 54.6 Å². The molecule has 1 unspecified atom stereocenters. The van der Waals surface area contributed by atoms with Gasteiger partial charge in [0.05, 0.1) is 6.42 Å². The third-order valence-electron chi connectivity index (χ3n) is 5.31. The zero-order chi connectivity index (χ0) is 17.0. The molecule has 1 aliphatic rings. The monoisotopic (exact) mass is 324 g/mol. The molecule has 0 saturated carbocycles. The highest BCUT2D eigenvalue weighted by molar-refractivity contribution is 6.17. The van der Waals surface area contributed by atoms with Gasteiger partial charge in [-0.25, -0.2) is 0 Å². The van der Waals surface area contributed by atoms with E-state index in [-0.39, 0.29) is 12.3 Å². The number of fused-ring (bicyclic) bond motifs is 8. The first-order chi connectivity index (χ1) is 12.3. The van der Waals surface area contributed by atoms with Crippen molar-refractivity contribution in [1.82, 2.24) is 0 Å². The summed E-state index contributed by atoms with van der Waals surface area (Å²) in [7, 11) is 0. The van der Waals surface area contributed by atoms with Crippen molar-refractivity contribution in [3.8, 4) is 11.1 Å². The van der Waals surface area contributed by atoms with E-state index in [0.717, 1.165) is 11.1 Å². The Balaban J connectivity index is 2.01. The fraction of sp³-hybridized carbons (Fsp3) is 0.0870. The molecule has 0 heterocycles. The maximum atomic E-state index is 11.6. The van der Waals surface area contributed by atoms with Crippen LogP contribution >= 0.6 is 0 Å². The third kappa shape index (κ3) is 1.94. The molecule has 0 saturated heterocycles. The summed E-state index contributed by atoms with van der Waals surface area (Å²) >= 11 is 0. The first kappa shape index (κ1) is 14.2. The summed E-state index contributed by atoms with van der Waals surface area (Å²) in [5.74, 6) is -0.858. The van der Waals surface area contributed by atoms with Crippen LogP contribution in [0.5, 0.6) is 0 Å². The zero-order valence-corrected chi connectivity index (χ0v) is 13.6. The number of carbonyl (C=O) groups is 1. The summed E-state index contributed by atoms with van der Waals surface area (Å²) in [6.45, 7) is 0. The van der Waals surface area contributed by atoms with Crippen molar-refractivity contribution in [1.29, 1.82) is 0 Å². The smallest absolute Gasteiger partial charge is 0.304 e. The van der Waals surface area contributed by atoms with Gasteiger partial charge in [0.1, 0.15) is 0 Å². The highest BCUT2D eigenvalue weighted by Crippen LogP contribution is 2.52. The Kier molecular flexibility index (Phi) is 2.95. The first-order valence-corrected chi connectivity index (χ1v) is 8.50. The summed E-state index contributed by atoms with van der Waals surface area (Å²) in [5, 5.41) is 14.3. The zero-order valence-electron chi connectivity index (χ0n) is 13.6. The van der Waals surface area contributed by atoms with Crippen LogP contribution in [0.1, 0.15) is 23.5 Å². The maximum Gasteiger partial charge on any atom is 0.304 e. The molecule has 0 radical (unpaired) electrons. The summed E-state index contributed by atoms with van der Waals surface area (Å²) in [6.07, 6.45) is 0.117. The summed E-state index contributed by atoms with van der Waals surface area (Å²) < 4.78 is 0. The molecule has 0 spiro atoms. The number of hydrogen-bond acceptors (Lipinski definition) is 1. The number of carboxylic acids is 1. The molecule has 4 aromatic rings. The van der Waals surface area contributed by atoms with Crippen LogP contribution in [0.15, 0.2) is 72.8 Å². The molecular weight excluding hydrogens is 308 g/mol. The largest absolute Gasteiger partial charge is 0.481 e. The van der Waals surface area contributed by atoms with Crippen LogP contribution in [0.25, 0.3) is 32.7 Å². The van der Waals surface area contributed by atoms with E-state index in [9.17, 15) is 9.90 Å². The molecule has 1 aliphatic carbocycles. The number of aliphatic carboxylic acids is 1. The number of hydrogen-bond donors (Lipinski definition) is 1. The van der Waals surface area contributed by atoms with Gasteiger partial charge in [-0.3, -0.25) is 4.79 Å². The van der Waals surface area contributed by atoms with E-state index in [0.29, 0.717) is 0 Å². The minimum atomic E-state index is -0.759. The van der Waals surface area contributed by atoms with Crippen LogP contribution in [-0.4, -0.2) is 11.1 Å². The Labute approximate surface area is 145 Å². The number of rotatable bonds is 2. The van der Waals surface area contributed by atoms with Crippen molar-refractivity contribution in [2.45, 2.75) is 12.3 Å². The lowest BCUT2D eigenvalue weighted by Gasteiger charge is -2.16. The molecular formula is C23H16O2. The second kappa shape index (κ2) is 5.18. The molecule has 0 bridgehead atoms. The molecule has 0 aromatic heterocycles. The second-order valence-corrected chi connectivity index (χ2v) is 6.62. The van der Waals surface area contributed by atoms with Crippen molar-refractivity contribution in [3.63, 3.8) is 0 Å². The quantitative estimate of drug-likeness (QED) is 0.489. The Morgan fingerprint density at radius 2 is 1.32 bits per heavy atom. The lowest BCUT2D eigenvalue weighted by atomic mass is 9.87. The van der Waals surface area contributed by atoms with E-state index in [4.69, 9.17) is 0 Å². The predicted octanol–water partition coefficient (Wildman–Crippen LogP) is 5.58. The molecule has 4 aromatic carbocycles. The Bertz CT molecular complexity index is 1160. The van der Waals surface area contributed by atoms with Gasteiger partial charge in [-0.2, -0.15) is 0 Å². The first-order valence-electron chi connectivity index (χ1n) is 8.50. The van der Waals surface area contributed by atoms with Crippen molar-refractivity contribution in [3.05, 3.63) is 83.9 Å². The maximum absolute atomic E-state index is 11.6. The summed E-state index contributed by atoms with van der Waals surface area (Å²) in [5.41, 5.74) is 4.67. The van der Waals surface area contributed by atoms with E-state index in [1.54, 1.807) is 0 Å². The van der Waals surface area contributed by atoms with Crippen molar-refractivity contribution in [2.75, 3.05) is 0 Å². The van der Waals surface area contributed by atoms with Gasteiger partial charge in [0, 0.05) is 5.92 Å². The van der Waals surface area contributed by atoms with Gasteiger partial charge in [-0.05, 0) is 43.8 Å². The van der Waals surface area contributed by atoms with Gasteiger partial charge in [-0.1, -0.05) is 72.8 Å². The summed E-state index contributed by atoms with van der Waals surface area (Å²) in [6, 6.07) is 25.0. The van der Waals surface area contributed by atoms with Crippen LogP contribution in [0.4, 0.5) is 0 Å². The van der Waals surface area contributed by atoms with Gasteiger partial charge in [0.25, 0.3) is 0 Å². The van der Waals surface area contributed by atoms with E-state index >= 15 is 0 Å². The fourth-order valence-electron chi connectivity index (χ4n) is 4.39. The average molecular weight is 324 g/mol. The Hall–Kier alpha value is -3.13. The molecule has 0 aliphatic heterocycles. The van der Waals surface area contributed by atoms with Crippen molar-refractivity contribution >= 4 is 27.5 Å². The van der Waals surface area contributed by atoms with Gasteiger partial charge < -0.3 is 5.11 Å². The molecule has 1 N–H and O–H groups in total. The molecule has 5 rings (SSSR count). The topological polar surface area (TPSA) is 37.3 Å². The lowest BCUT2D eigenvalue weighted by Crippen LogP contribution is -2.05. The van der Waals surface area contributed by atoms with Gasteiger partial charge in [-0.15, -0.1) is 0 Å². The molecule has 120 valence electrons. The second-order valence-electron chi connectivity index (χ2n) is 6.62. The summed E-state index contributed by atoms with van der Waals surface area (Å²) in [4.78, 5) is 11.6. The van der Waals surface area contributed by atoms with Crippen LogP contribution in [0.2, 0.25) is 0 Å². The third-order valence-corrected chi connectivity index (χ3v) is 5.31. The Morgan fingerprint density at radius 3 is 2.04 bits per heavy atom. The molecule has 2 nitrogen and oxygen atoms in total. The van der Waals surface area contributed by atoms with Crippen LogP contribution < -0.4 is 0 Å². The molecule has 2 heteroatoms. The lowest BCUT2D eigenvalue weighted by molar-refractivity contribution is -0.137. The van der Waals surface area contributed by atoms with Gasteiger partial charge in [0.2, 0.25) is 0 Å². The minimum Gasteiger partial charge on any atom is -0.481 e. The predicted molar refractivity (Wildman–Crippen MR) is 101 cm³/mol. The number of carboxylic acid groups (broad SMARTS) is 1. The highest BCUT2D eigenvalue weighted by atomic mass is 16.4. The van der Waals surface area contributed by atoms with Gasteiger partial charge >= 0.3 is 5.97 Å². The SMILES string of the molecule is O=C(O)CC1c2ccccc2-c2c1c1ccccc1c1ccccc21. The molecule has 25 heavy (non-hydrogen) atoms. The normalized spacial score (nSPS) is 15.3. The Morgan fingerprint density at radius 1 is 0.760 bits per heavy atom. The fourth-order valence-corrected chi connectivity index (χ4v) is 4.39. The van der Waals surface area contributed by atoms with Crippen molar-refractivity contribution < 1.29 is 9.90 Å². The molecule has 0 amide bonds. The van der Waals surface area contributed by atoms with Crippen LogP contribution in [0.3, 0.4) is 0 Å². The van der Waals surface area contributed by atoms with Gasteiger partial charge in [0.15, 0.2) is 0 Å². The van der Waals surface area contributed by atoms with Crippen LogP contribution in [0, 0.1) is 0 Å².